The van der Waals surface area contributed by atoms with Crippen LogP contribution in [-0.4, -0.2) is 57.8 Å². The van der Waals surface area contributed by atoms with Crippen LogP contribution in [-0.2, 0) is 24.1 Å². The molecule has 4 heterocycles. The monoisotopic (exact) mass is 649 g/mol. The number of halogens is 5. The van der Waals surface area contributed by atoms with E-state index < -0.39 is 35.5 Å². The van der Waals surface area contributed by atoms with Gasteiger partial charge in [0.2, 0.25) is 0 Å². The number of anilines is 2. The van der Waals surface area contributed by atoms with E-state index in [-0.39, 0.29) is 37.1 Å². The Kier molecular flexibility index (Phi) is 10.1. The molecule has 1 unspecified atom stereocenters. The number of nitrogens with one attached hydrogen (secondary N) is 1. The van der Waals surface area contributed by atoms with Crippen molar-refractivity contribution in [1.82, 2.24) is 24.9 Å². The Labute approximate surface area is 260 Å². The summed E-state index contributed by atoms with van der Waals surface area (Å²) in [5, 5.41) is 10.7. The lowest BCUT2D eigenvalue weighted by atomic mass is 9.96. The summed E-state index contributed by atoms with van der Waals surface area (Å²) in [5.74, 6) is 1.95. The van der Waals surface area contributed by atoms with Gasteiger partial charge in [0.25, 0.3) is 17.9 Å². The van der Waals surface area contributed by atoms with Crippen LogP contribution in [0.15, 0.2) is 58.1 Å². The van der Waals surface area contributed by atoms with Gasteiger partial charge in [-0.25, -0.2) is 18.4 Å². The number of hydrogen-bond acceptors (Lipinski definition) is 10. The van der Waals surface area contributed by atoms with E-state index >= 15 is 0 Å². The van der Waals surface area contributed by atoms with Gasteiger partial charge in [0, 0.05) is 36.8 Å². The minimum atomic E-state index is -4.92. The molecule has 1 saturated heterocycles. The molecule has 5 rings (SSSR count). The van der Waals surface area contributed by atoms with Gasteiger partial charge in [-0.3, -0.25) is 4.79 Å². The van der Waals surface area contributed by atoms with E-state index in [0.717, 1.165) is 10.9 Å². The maximum absolute atomic E-state index is 14.0. The van der Waals surface area contributed by atoms with Gasteiger partial charge < -0.3 is 24.2 Å². The molecule has 1 aromatic carbocycles. The van der Waals surface area contributed by atoms with Gasteiger partial charge in [-0.2, -0.15) is 23.3 Å². The fraction of sp³-hybridized carbons (Fsp3) is 0.433. The molecular formula is C30H32F5N7O4. The van der Waals surface area contributed by atoms with Crippen LogP contribution in [0.1, 0.15) is 60.5 Å². The zero-order valence-electron chi connectivity index (χ0n) is 25.0. The van der Waals surface area contributed by atoms with Crippen LogP contribution < -0.4 is 20.5 Å². The van der Waals surface area contributed by atoms with E-state index in [0.29, 0.717) is 48.9 Å². The molecule has 4 aromatic rings. The summed E-state index contributed by atoms with van der Waals surface area (Å²) in [5.41, 5.74) is -2.62. The summed E-state index contributed by atoms with van der Waals surface area (Å²) < 4.78 is 84.3. The lowest BCUT2D eigenvalue weighted by Crippen LogP contribution is -2.34. The van der Waals surface area contributed by atoms with Gasteiger partial charge in [0.1, 0.15) is 23.7 Å². The summed E-state index contributed by atoms with van der Waals surface area (Å²) in [7, 11) is 1.49. The maximum atomic E-state index is 14.0. The van der Waals surface area contributed by atoms with E-state index in [4.69, 9.17) is 14.0 Å². The lowest BCUT2D eigenvalue weighted by Gasteiger charge is -2.31. The first kappa shape index (κ1) is 32.8. The number of methoxy groups -OCH3 is 1. The van der Waals surface area contributed by atoms with Crippen LogP contribution in [0.3, 0.4) is 0 Å². The highest BCUT2D eigenvalue weighted by atomic mass is 19.4. The predicted octanol–water partition coefficient (Wildman–Crippen LogP) is 5.44. The van der Waals surface area contributed by atoms with Crippen molar-refractivity contribution in [2.24, 2.45) is 0 Å². The largest absolute Gasteiger partial charge is 0.497 e. The van der Waals surface area contributed by atoms with Crippen LogP contribution >= 0.6 is 0 Å². The molecular weight excluding hydrogens is 617 g/mol. The van der Waals surface area contributed by atoms with Crippen LogP contribution in [0, 0.1) is 0 Å². The Bertz CT molecular complexity index is 1640. The van der Waals surface area contributed by atoms with Crippen molar-refractivity contribution in [2.45, 2.75) is 57.5 Å². The average molecular weight is 650 g/mol. The molecule has 16 heteroatoms. The fourth-order valence-corrected chi connectivity index (χ4v) is 5.09. The highest BCUT2D eigenvalue weighted by molar-refractivity contribution is 5.50. The van der Waals surface area contributed by atoms with E-state index in [1.54, 1.807) is 37.3 Å². The molecule has 1 aliphatic heterocycles. The van der Waals surface area contributed by atoms with Gasteiger partial charge in [0.05, 0.1) is 32.1 Å². The van der Waals surface area contributed by atoms with Crippen LogP contribution in [0.5, 0.6) is 5.75 Å². The third-order valence-electron chi connectivity index (χ3n) is 7.50. The summed E-state index contributed by atoms with van der Waals surface area (Å²) >= 11 is 0. The van der Waals surface area contributed by atoms with E-state index in [9.17, 15) is 26.7 Å². The molecule has 3 aromatic heterocycles. The molecule has 11 nitrogen and oxygen atoms in total. The van der Waals surface area contributed by atoms with Gasteiger partial charge >= 0.3 is 6.18 Å². The SMILES string of the molecule is COc1ccc(Cn2ncc(NC(C)COCc3nc(C4CCN(c5ccc(C(F)F)cn5)CC4)no3)c(C(F)(F)F)c2=O)cc1. The molecule has 1 aliphatic rings. The van der Waals surface area contributed by atoms with Gasteiger partial charge in [-0.05, 0) is 49.6 Å². The number of rotatable bonds is 12. The Balaban J connectivity index is 1.12. The number of hydrogen-bond donors (Lipinski definition) is 1. The Morgan fingerprint density at radius 1 is 1.09 bits per heavy atom. The van der Waals surface area contributed by atoms with E-state index in [1.165, 1.54) is 19.4 Å². The zero-order valence-corrected chi connectivity index (χ0v) is 25.0. The Morgan fingerprint density at radius 2 is 1.83 bits per heavy atom. The molecule has 0 aliphatic carbocycles. The van der Waals surface area contributed by atoms with Crippen molar-refractivity contribution >= 4 is 11.5 Å². The number of alkyl halides is 5. The lowest BCUT2D eigenvalue weighted by molar-refractivity contribution is -0.138. The zero-order chi connectivity index (χ0) is 32.8. The van der Waals surface area contributed by atoms with Crippen molar-refractivity contribution in [3.8, 4) is 5.75 Å². The quantitative estimate of drug-likeness (QED) is 0.199. The van der Waals surface area contributed by atoms with Crippen LogP contribution in [0.25, 0.3) is 0 Å². The smallest absolute Gasteiger partial charge is 0.423 e. The molecule has 0 spiro atoms. The number of pyridine rings is 1. The second kappa shape index (κ2) is 14.2. The molecule has 0 saturated carbocycles. The second-order valence-electron chi connectivity index (χ2n) is 10.9. The maximum Gasteiger partial charge on any atom is 0.423 e. The molecule has 0 amide bonds. The van der Waals surface area contributed by atoms with Crippen molar-refractivity contribution in [1.29, 1.82) is 0 Å². The van der Waals surface area contributed by atoms with Crippen molar-refractivity contribution < 1.29 is 35.9 Å². The molecule has 0 bridgehead atoms. The molecule has 0 radical (unpaired) electrons. The highest BCUT2D eigenvalue weighted by Gasteiger charge is 2.38. The van der Waals surface area contributed by atoms with Crippen LogP contribution in [0.2, 0.25) is 0 Å². The fourth-order valence-electron chi connectivity index (χ4n) is 5.09. The number of benzene rings is 1. The standard InChI is InChI=1S/C30H32F5N7O4/c1-18(38-23-14-37-42(29(43)26(23)30(33,34)35)15-19-3-6-22(44-2)7-4-19)16-45-17-25-39-28(40-46-25)20-9-11-41(12-10-20)24-8-5-21(13-36-24)27(31)32/h3-8,13-14,18,20,27,38H,9-12,15-17H2,1-2H3. The van der Waals surface area contributed by atoms with E-state index in [2.05, 4.69) is 25.5 Å². The minimum absolute atomic E-state index is 0.0230. The Morgan fingerprint density at radius 3 is 2.46 bits per heavy atom. The number of aromatic nitrogens is 5. The number of ether oxygens (including phenoxy) is 2. The molecule has 246 valence electrons. The van der Waals surface area contributed by atoms with Crippen molar-refractivity contribution in [3.05, 3.63) is 87.6 Å². The minimum Gasteiger partial charge on any atom is -0.497 e. The van der Waals surface area contributed by atoms with Gasteiger partial charge in [-0.1, -0.05) is 17.3 Å². The van der Waals surface area contributed by atoms with Gasteiger partial charge in [-0.15, -0.1) is 0 Å². The van der Waals surface area contributed by atoms with E-state index in [1.807, 2.05) is 4.90 Å². The van der Waals surface area contributed by atoms with Crippen molar-refractivity contribution in [3.63, 3.8) is 0 Å². The number of nitrogens with zero attached hydrogens (tertiary/aromatic N) is 6. The first-order valence-electron chi connectivity index (χ1n) is 14.5. The molecule has 46 heavy (non-hydrogen) atoms. The highest BCUT2D eigenvalue weighted by Crippen LogP contribution is 2.32. The summed E-state index contributed by atoms with van der Waals surface area (Å²) in [6.45, 7) is 2.63. The topological polar surface area (TPSA) is 120 Å². The third-order valence-corrected chi connectivity index (χ3v) is 7.50. The van der Waals surface area contributed by atoms with Gasteiger partial charge in [0.15, 0.2) is 5.82 Å². The normalized spacial score (nSPS) is 14.9. The number of piperidine rings is 1. The second-order valence-corrected chi connectivity index (χ2v) is 10.9. The predicted molar refractivity (Wildman–Crippen MR) is 156 cm³/mol. The third kappa shape index (κ3) is 7.97. The first-order chi connectivity index (χ1) is 22.0. The molecule has 1 atom stereocenters. The van der Waals surface area contributed by atoms with Crippen LogP contribution in [0.4, 0.5) is 33.5 Å². The molecule has 1 N–H and O–H groups in total. The first-order valence-corrected chi connectivity index (χ1v) is 14.5. The van der Waals surface area contributed by atoms with Crippen molar-refractivity contribution in [2.75, 3.05) is 37.0 Å². The molecule has 1 fully saturated rings. The summed E-state index contributed by atoms with van der Waals surface area (Å²) in [6, 6.07) is 8.89. The summed E-state index contributed by atoms with van der Waals surface area (Å²) in [6.07, 6.45) is -3.92. The Hall–Kier alpha value is -4.60. The average Bonchev–Trinajstić information content (AvgIpc) is 3.51. The summed E-state index contributed by atoms with van der Waals surface area (Å²) in [4.78, 5) is 23.4.